The first-order chi connectivity index (χ1) is 10.9. The zero-order chi connectivity index (χ0) is 17.0. The van der Waals surface area contributed by atoms with Crippen LogP contribution in [0.2, 0.25) is 0 Å². The zero-order valence-electron chi connectivity index (χ0n) is 13.4. The first-order valence-corrected chi connectivity index (χ1v) is 8.01. The van der Waals surface area contributed by atoms with Crippen molar-refractivity contribution in [2.75, 3.05) is 0 Å². The van der Waals surface area contributed by atoms with Gasteiger partial charge < -0.3 is 14.2 Å². The van der Waals surface area contributed by atoms with E-state index in [9.17, 15) is 10.1 Å². The van der Waals surface area contributed by atoms with Gasteiger partial charge in [-0.05, 0) is 31.9 Å². The highest BCUT2D eigenvalue weighted by atomic mass is 32.2. The normalized spacial score (nSPS) is 15.0. The minimum Gasteiger partial charge on any atom is -0.459 e. The van der Waals surface area contributed by atoms with E-state index in [0.717, 1.165) is 11.8 Å². The third-order valence-electron chi connectivity index (χ3n) is 3.56. The molecule has 2 atom stereocenters. The second-order valence-corrected chi connectivity index (χ2v) is 6.86. The maximum atomic E-state index is 12.3. The number of hydrogen-bond acceptors (Lipinski definition) is 7. The molecule has 7 nitrogen and oxygen atoms in total. The summed E-state index contributed by atoms with van der Waals surface area (Å²) >= 11 is 1.13. The van der Waals surface area contributed by atoms with Gasteiger partial charge in [-0.15, -0.1) is 10.2 Å². The van der Waals surface area contributed by atoms with Crippen molar-refractivity contribution in [1.29, 1.82) is 5.26 Å². The van der Waals surface area contributed by atoms with Gasteiger partial charge >= 0.3 is 0 Å². The van der Waals surface area contributed by atoms with Crippen molar-refractivity contribution in [2.45, 2.75) is 43.7 Å². The van der Waals surface area contributed by atoms with Gasteiger partial charge in [0.25, 0.3) is 11.1 Å². The molecule has 0 aliphatic rings. The summed E-state index contributed by atoms with van der Waals surface area (Å²) in [5.74, 6) is 0.459. The number of hydrogen-bond donors (Lipinski definition) is 1. The van der Waals surface area contributed by atoms with Crippen molar-refractivity contribution < 1.29 is 13.6 Å². The lowest BCUT2D eigenvalue weighted by molar-refractivity contribution is -0.121. The fraction of sp³-hybridized carbons (Fsp3) is 0.467. The summed E-state index contributed by atoms with van der Waals surface area (Å²) in [4.78, 5) is 12.3. The molecule has 122 valence electrons. The van der Waals surface area contributed by atoms with E-state index in [1.54, 1.807) is 26.0 Å². The maximum absolute atomic E-state index is 12.3. The van der Waals surface area contributed by atoms with Crippen LogP contribution in [0.1, 0.15) is 27.7 Å². The van der Waals surface area contributed by atoms with Gasteiger partial charge in [0.15, 0.2) is 5.76 Å². The first kappa shape index (κ1) is 17.1. The molecule has 2 rings (SSSR count). The minimum absolute atomic E-state index is 0.0115. The molecule has 0 aliphatic carbocycles. The number of amides is 1. The lowest BCUT2D eigenvalue weighted by Gasteiger charge is -2.28. The van der Waals surface area contributed by atoms with Crippen LogP contribution in [0.15, 0.2) is 32.5 Å². The molecule has 2 aromatic rings. The maximum Gasteiger partial charge on any atom is 0.284 e. The van der Waals surface area contributed by atoms with Crippen molar-refractivity contribution >= 4 is 17.7 Å². The number of thioether (sulfide) groups is 1. The number of aromatic nitrogens is 2. The van der Waals surface area contributed by atoms with Crippen LogP contribution < -0.4 is 5.32 Å². The summed E-state index contributed by atoms with van der Waals surface area (Å²) < 4.78 is 10.6. The molecule has 0 saturated carbocycles. The second kappa shape index (κ2) is 6.87. The Bertz CT molecular complexity index is 705. The molecule has 8 heteroatoms. The van der Waals surface area contributed by atoms with Crippen LogP contribution in [0.4, 0.5) is 0 Å². The Morgan fingerprint density at radius 3 is 2.74 bits per heavy atom. The fourth-order valence-electron chi connectivity index (χ4n) is 1.62. The topological polar surface area (TPSA) is 105 Å². The van der Waals surface area contributed by atoms with E-state index in [2.05, 4.69) is 21.6 Å². The molecule has 0 spiro atoms. The third kappa shape index (κ3) is 3.93. The predicted molar refractivity (Wildman–Crippen MR) is 84.3 cm³/mol. The third-order valence-corrected chi connectivity index (χ3v) is 4.49. The number of carbonyl (C=O) groups is 1. The molecular weight excluding hydrogens is 316 g/mol. The predicted octanol–water partition coefficient (Wildman–Crippen LogP) is 2.86. The lowest BCUT2D eigenvalue weighted by atomic mass is 9.90. The van der Waals surface area contributed by atoms with E-state index in [-0.39, 0.29) is 22.9 Å². The fourth-order valence-corrected chi connectivity index (χ4v) is 2.30. The SMILES string of the molecule is CC(C)[C@](C)(C#N)NC(=O)[C@H](C)Sc1nnc(-c2ccco2)o1. The van der Waals surface area contributed by atoms with Gasteiger partial charge in [0.05, 0.1) is 17.6 Å². The van der Waals surface area contributed by atoms with Gasteiger partial charge in [0, 0.05) is 0 Å². The quantitative estimate of drug-likeness (QED) is 0.810. The van der Waals surface area contributed by atoms with Gasteiger partial charge in [-0.2, -0.15) is 5.26 Å². The van der Waals surface area contributed by atoms with Gasteiger partial charge in [0.2, 0.25) is 5.91 Å². The number of rotatable bonds is 6. The van der Waals surface area contributed by atoms with Crippen molar-refractivity contribution in [2.24, 2.45) is 5.92 Å². The van der Waals surface area contributed by atoms with E-state index < -0.39 is 10.8 Å². The molecule has 1 amide bonds. The molecule has 0 bridgehead atoms. The largest absolute Gasteiger partial charge is 0.459 e. The highest BCUT2D eigenvalue weighted by Crippen LogP contribution is 2.27. The van der Waals surface area contributed by atoms with E-state index in [1.807, 2.05) is 13.8 Å². The molecule has 0 saturated heterocycles. The Hall–Kier alpha value is -2.27. The van der Waals surface area contributed by atoms with Crippen LogP contribution in [-0.2, 0) is 4.79 Å². The summed E-state index contributed by atoms with van der Waals surface area (Å²) in [5, 5.41) is 19.6. The van der Waals surface area contributed by atoms with Crippen LogP contribution in [0, 0.1) is 17.2 Å². The number of carbonyl (C=O) groups excluding carboxylic acids is 1. The number of furan rings is 1. The van der Waals surface area contributed by atoms with E-state index in [4.69, 9.17) is 8.83 Å². The molecule has 0 aliphatic heterocycles. The van der Waals surface area contributed by atoms with Crippen molar-refractivity contribution in [3.05, 3.63) is 18.4 Å². The average Bonchev–Trinajstić information content (AvgIpc) is 3.17. The van der Waals surface area contributed by atoms with E-state index >= 15 is 0 Å². The van der Waals surface area contributed by atoms with Gasteiger partial charge in [-0.25, -0.2) is 0 Å². The Balaban J connectivity index is 2.00. The van der Waals surface area contributed by atoms with E-state index in [0.29, 0.717) is 5.76 Å². The summed E-state index contributed by atoms with van der Waals surface area (Å²) in [5.41, 5.74) is -0.917. The van der Waals surface area contributed by atoms with Crippen LogP contribution in [-0.4, -0.2) is 26.9 Å². The van der Waals surface area contributed by atoms with Gasteiger partial charge in [0.1, 0.15) is 5.54 Å². The van der Waals surface area contributed by atoms with Crippen LogP contribution in [0.5, 0.6) is 0 Å². The molecule has 0 fully saturated rings. The monoisotopic (exact) mass is 334 g/mol. The standard InChI is InChI=1S/C15H18N4O3S/c1-9(2)15(4,8-16)17-12(20)10(3)23-14-19-18-13(22-14)11-6-5-7-21-11/h5-7,9-10H,1-4H3,(H,17,20)/t10-,15-/m0/s1. The highest BCUT2D eigenvalue weighted by molar-refractivity contribution is 8.00. The molecule has 23 heavy (non-hydrogen) atoms. The van der Waals surface area contributed by atoms with E-state index in [1.165, 1.54) is 6.26 Å². The molecule has 0 unspecified atom stereocenters. The summed E-state index contributed by atoms with van der Waals surface area (Å²) in [7, 11) is 0. The second-order valence-electron chi connectivity index (χ2n) is 5.57. The Morgan fingerprint density at radius 1 is 1.43 bits per heavy atom. The Kier molecular flexibility index (Phi) is 5.11. The zero-order valence-corrected chi connectivity index (χ0v) is 14.2. The molecular formula is C15H18N4O3S. The summed E-state index contributed by atoms with van der Waals surface area (Å²) in [6.45, 7) is 7.19. The van der Waals surface area contributed by atoms with Crippen LogP contribution in [0.25, 0.3) is 11.7 Å². The average molecular weight is 334 g/mol. The number of nitrogens with zero attached hydrogens (tertiary/aromatic N) is 3. The minimum atomic E-state index is -0.917. The van der Waals surface area contributed by atoms with Crippen molar-refractivity contribution in [1.82, 2.24) is 15.5 Å². The summed E-state index contributed by atoms with van der Waals surface area (Å²) in [6.07, 6.45) is 1.51. The lowest BCUT2D eigenvalue weighted by Crippen LogP contribution is -2.51. The van der Waals surface area contributed by atoms with Crippen LogP contribution in [0.3, 0.4) is 0 Å². The summed E-state index contributed by atoms with van der Waals surface area (Å²) in [6, 6.07) is 5.57. The molecule has 0 aromatic carbocycles. The Morgan fingerprint density at radius 2 is 2.17 bits per heavy atom. The first-order valence-electron chi connectivity index (χ1n) is 7.13. The molecule has 2 aromatic heterocycles. The molecule has 0 radical (unpaired) electrons. The molecule has 1 N–H and O–H groups in total. The number of nitrogens with one attached hydrogen (secondary N) is 1. The van der Waals surface area contributed by atoms with Gasteiger partial charge in [-0.3, -0.25) is 4.79 Å². The number of nitriles is 1. The van der Waals surface area contributed by atoms with Crippen molar-refractivity contribution in [3.8, 4) is 17.7 Å². The van der Waals surface area contributed by atoms with Gasteiger partial charge in [-0.1, -0.05) is 25.6 Å². The highest BCUT2D eigenvalue weighted by Gasteiger charge is 2.32. The van der Waals surface area contributed by atoms with Crippen LogP contribution >= 0.6 is 11.8 Å². The molecule has 2 heterocycles. The Labute approximate surface area is 138 Å². The smallest absolute Gasteiger partial charge is 0.284 e. The van der Waals surface area contributed by atoms with Crippen molar-refractivity contribution in [3.63, 3.8) is 0 Å².